The molecule has 1 aromatic heterocycles. The van der Waals surface area contributed by atoms with Crippen molar-refractivity contribution < 1.29 is 27.6 Å². The van der Waals surface area contributed by atoms with Gasteiger partial charge in [0.1, 0.15) is 0 Å². The minimum absolute atomic E-state index is 0.151. The molecule has 0 atom stereocenters. The fraction of sp³-hybridized carbons (Fsp3) is 0.133. The molecular weight excluding hydrogens is 313 g/mol. The number of hydrogen-bond acceptors (Lipinski definition) is 4. The van der Waals surface area contributed by atoms with Gasteiger partial charge in [0, 0.05) is 12.4 Å². The minimum atomic E-state index is -4.73. The summed E-state index contributed by atoms with van der Waals surface area (Å²) >= 11 is 0. The Balaban J connectivity index is 2.09. The second-order valence-corrected chi connectivity index (χ2v) is 4.61. The van der Waals surface area contributed by atoms with Crippen molar-refractivity contribution in [3.8, 4) is 0 Å². The zero-order valence-electron chi connectivity index (χ0n) is 11.8. The van der Waals surface area contributed by atoms with Crippen LogP contribution in [0.25, 0.3) is 0 Å². The Bertz CT molecular complexity index is 727. The number of nitrogens with one attached hydrogen (secondary N) is 1. The van der Waals surface area contributed by atoms with Crippen LogP contribution in [0.4, 0.5) is 13.2 Å². The van der Waals surface area contributed by atoms with Crippen LogP contribution in [0, 0.1) is 6.92 Å². The van der Waals surface area contributed by atoms with Crippen LogP contribution >= 0.6 is 0 Å². The van der Waals surface area contributed by atoms with Gasteiger partial charge < -0.3 is 4.84 Å². The number of amides is 1. The minimum Gasteiger partial charge on any atom is -0.335 e. The van der Waals surface area contributed by atoms with Crippen LogP contribution in [0.3, 0.4) is 0 Å². The summed E-state index contributed by atoms with van der Waals surface area (Å²) in [5.41, 5.74) is 0.850. The van der Waals surface area contributed by atoms with Gasteiger partial charge in [0.15, 0.2) is 0 Å². The molecule has 5 nitrogen and oxygen atoms in total. The van der Waals surface area contributed by atoms with Gasteiger partial charge in [-0.05, 0) is 25.1 Å². The van der Waals surface area contributed by atoms with Gasteiger partial charge in [0.05, 0.1) is 16.7 Å². The van der Waals surface area contributed by atoms with E-state index in [4.69, 9.17) is 0 Å². The SMILES string of the molecule is Cc1ccc(C(=O)ONC(=O)c2cnccc2C(F)(F)F)cc1. The Morgan fingerprint density at radius 1 is 1.13 bits per heavy atom. The number of aromatic nitrogens is 1. The van der Waals surface area contributed by atoms with Crippen molar-refractivity contribution in [2.45, 2.75) is 13.1 Å². The Morgan fingerprint density at radius 2 is 1.78 bits per heavy atom. The summed E-state index contributed by atoms with van der Waals surface area (Å²) in [6.07, 6.45) is -3.06. The molecule has 1 aromatic carbocycles. The lowest BCUT2D eigenvalue weighted by atomic mass is 10.1. The molecule has 0 saturated heterocycles. The van der Waals surface area contributed by atoms with E-state index in [1.807, 2.05) is 6.92 Å². The maximum Gasteiger partial charge on any atom is 0.417 e. The van der Waals surface area contributed by atoms with Crippen LogP contribution in [0.2, 0.25) is 0 Å². The highest BCUT2D eigenvalue weighted by Crippen LogP contribution is 2.31. The van der Waals surface area contributed by atoms with E-state index in [1.165, 1.54) is 12.1 Å². The predicted molar refractivity (Wildman–Crippen MR) is 73.3 cm³/mol. The van der Waals surface area contributed by atoms with Gasteiger partial charge in [0.25, 0.3) is 5.91 Å². The fourth-order valence-corrected chi connectivity index (χ4v) is 1.72. The van der Waals surface area contributed by atoms with E-state index < -0.39 is 29.2 Å². The summed E-state index contributed by atoms with van der Waals surface area (Å²) in [7, 11) is 0. The highest BCUT2D eigenvalue weighted by Gasteiger charge is 2.35. The van der Waals surface area contributed by atoms with Crippen LogP contribution < -0.4 is 5.48 Å². The van der Waals surface area contributed by atoms with Crippen molar-refractivity contribution in [3.63, 3.8) is 0 Å². The van der Waals surface area contributed by atoms with E-state index in [0.29, 0.717) is 6.07 Å². The molecule has 0 aliphatic heterocycles. The lowest BCUT2D eigenvalue weighted by Crippen LogP contribution is -2.29. The number of hydroxylamine groups is 1. The third kappa shape index (κ3) is 4.06. The van der Waals surface area contributed by atoms with Crippen molar-refractivity contribution in [3.05, 3.63) is 65.0 Å². The molecule has 120 valence electrons. The van der Waals surface area contributed by atoms with Gasteiger partial charge in [-0.25, -0.2) is 4.79 Å². The molecule has 0 saturated carbocycles. The monoisotopic (exact) mass is 324 g/mol. The van der Waals surface area contributed by atoms with Gasteiger partial charge in [-0.15, -0.1) is 0 Å². The number of alkyl halides is 3. The van der Waals surface area contributed by atoms with Crippen molar-refractivity contribution in [2.24, 2.45) is 0 Å². The van der Waals surface area contributed by atoms with Crippen LogP contribution in [-0.4, -0.2) is 16.9 Å². The second-order valence-electron chi connectivity index (χ2n) is 4.61. The molecule has 0 aliphatic carbocycles. The Hall–Kier alpha value is -2.90. The maximum absolute atomic E-state index is 12.8. The number of carbonyl (C=O) groups excluding carboxylic acids is 2. The number of rotatable bonds is 2. The van der Waals surface area contributed by atoms with Crippen molar-refractivity contribution in [1.82, 2.24) is 10.5 Å². The Labute approximate surface area is 129 Å². The molecule has 0 radical (unpaired) electrons. The lowest BCUT2D eigenvalue weighted by Gasteiger charge is -2.11. The standard InChI is InChI=1S/C15H11F3N2O3/c1-9-2-4-10(5-3-9)14(22)23-20-13(21)11-8-19-7-6-12(11)15(16,17)18/h2-8H,1H3,(H,20,21). The number of halogens is 3. The zero-order chi connectivity index (χ0) is 17.0. The first-order valence-electron chi connectivity index (χ1n) is 6.38. The molecule has 2 rings (SSSR count). The van der Waals surface area contributed by atoms with Gasteiger partial charge in [-0.3, -0.25) is 9.78 Å². The molecular formula is C15H11F3N2O3. The smallest absolute Gasteiger partial charge is 0.335 e. The quantitative estimate of drug-likeness (QED) is 0.863. The van der Waals surface area contributed by atoms with E-state index in [9.17, 15) is 22.8 Å². The molecule has 1 N–H and O–H groups in total. The third-order valence-electron chi connectivity index (χ3n) is 2.89. The van der Waals surface area contributed by atoms with E-state index in [0.717, 1.165) is 18.0 Å². The van der Waals surface area contributed by atoms with E-state index in [1.54, 1.807) is 17.6 Å². The molecule has 0 bridgehead atoms. The van der Waals surface area contributed by atoms with Gasteiger partial charge in [-0.2, -0.15) is 18.7 Å². The van der Waals surface area contributed by atoms with E-state index in [2.05, 4.69) is 9.82 Å². The molecule has 23 heavy (non-hydrogen) atoms. The van der Waals surface area contributed by atoms with Crippen LogP contribution in [-0.2, 0) is 11.0 Å². The van der Waals surface area contributed by atoms with Crippen molar-refractivity contribution in [2.75, 3.05) is 0 Å². The first kappa shape index (κ1) is 16.5. The third-order valence-corrected chi connectivity index (χ3v) is 2.89. The molecule has 0 aliphatic rings. The number of hydrogen-bond donors (Lipinski definition) is 1. The normalized spacial score (nSPS) is 11.0. The maximum atomic E-state index is 12.8. The van der Waals surface area contributed by atoms with Crippen molar-refractivity contribution >= 4 is 11.9 Å². The number of aryl methyl sites for hydroxylation is 1. The molecule has 0 unspecified atom stereocenters. The molecule has 2 aromatic rings. The predicted octanol–water partition coefficient (Wildman–Crippen LogP) is 2.91. The number of pyridine rings is 1. The molecule has 0 spiro atoms. The molecule has 8 heteroatoms. The number of nitrogens with zero attached hydrogens (tertiary/aromatic N) is 1. The lowest BCUT2D eigenvalue weighted by molar-refractivity contribution is -0.138. The number of benzene rings is 1. The van der Waals surface area contributed by atoms with Gasteiger partial charge >= 0.3 is 12.1 Å². The topological polar surface area (TPSA) is 68.3 Å². The van der Waals surface area contributed by atoms with Crippen LogP contribution in [0.5, 0.6) is 0 Å². The average molecular weight is 324 g/mol. The Kier molecular flexibility index (Phi) is 4.63. The fourth-order valence-electron chi connectivity index (χ4n) is 1.72. The molecule has 0 fully saturated rings. The van der Waals surface area contributed by atoms with Crippen molar-refractivity contribution in [1.29, 1.82) is 0 Å². The van der Waals surface area contributed by atoms with Crippen LogP contribution in [0.15, 0.2) is 42.7 Å². The largest absolute Gasteiger partial charge is 0.417 e. The Morgan fingerprint density at radius 3 is 2.39 bits per heavy atom. The van der Waals surface area contributed by atoms with E-state index >= 15 is 0 Å². The first-order chi connectivity index (χ1) is 10.8. The van der Waals surface area contributed by atoms with Gasteiger partial charge in [0.2, 0.25) is 0 Å². The number of carbonyl (C=O) groups is 2. The first-order valence-corrected chi connectivity index (χ1v) is 6.38. The van der Waals surface area contributed by atoms with Crippen LogP contribution in [0.1, 0.15) is 31.8 Å². The summed E-state index contributed by atoms with van der Waals surface area (Å²) in [4.78, 5) is 31.5. The summed E-state index contributed by atoms with van der Waals surface area (Å²) < 4.78 is 38.4. The average Bonchev–Trinajstić information content (AvgIpc) is 2.52. The summed E-state index contributed by atoms with van der Waals surface area (Å²) in [5, 5.41) is 0. The zero-order valence-corrected chi connectivity index (χ0v) is 11.8. The molecule has 1 amide bonds. The summed E-state index contributed by atoms with van der Waals surface area (Å²) in [6.45, 7) is 1.82. The second kappa shape index (κ2) is 6.47. The highest BCUT2D eigenvalue weighted by molar-refractivity contribution is 5.97. The summed E-state index contributed by atoms with van der Waals surface area (Å²) in [5.74, 6) is -2.11. The van der Waals surface area contributed by atoms with E-state index in [-0.39, 0.29) is 5.56 Å². The van der Waals surface area contributed by atoms with Gasteiger partial charge in [-0.1, -0.05) is 17.7 Å². The highest BCUT2D eigenvalue weighted by atomic mass is 19.4. The summed E-state index contributed by atoms with van der Waals surface area (Å²) in [6, 6.07) is 6.91. The molecule has 1 heterocycles.